The van der Waals surface area contributed by atoms with Crippen molar-refractivity contribution in [2.45, 2.75) is 32.1 Å². The van der Waals surface area contributed by atoms with Gasteiger partial charge < -0.3 is 11.1 Å². The van der Waals surface area contributed by atoms with Crippen LogP contribution in [0.4, 0.5) is 10.1 Å². The van der Waals surface area contributed by atoms with Crippen LogP contribution in [-0.4, -0.2) is 10.9 Å². The van der Waals surface area contributed by atoms with Crippen molar-refractivity contribution in [3.8, 4) is 0 Å². The van der Waals surface area contributed by atoms with E-state index in [0.717, 1.165) is 47.7 Å². The molecule has 0 atom stereocenters. The van der Waals surface area contributed by atoms with E-state index in [2.05, 4.69) is 24.5 Å². The number of allylic oxidation sites excluding steroid dienone is 3. The summed E-state index contributed by atoms with van der Waals surface area (Å²) in [6.07, 6.45) is 7.98. The number of rotatable bonds is 4. The average Bonchev–Trinajstić information content (AvgIpc) is 2.74. The summed E-state index contributed by atoms with van der Waals surface area (Å²) in [6, 6.07) is 2.08. The summed E-state index contributed by atoms with van der Waals surface area (Å²) in [5.74, 6) is -0.975. The maximum atomic E-state index is 12.6. The first-order chi connectivity index (χ1) is 12.0. The van der Waals surface area contributed by atoms with E-state index in [0.29, 0.717) is 10.6 Å². The lowest BCUT2D eigenvalue weighted by Gasteiger charge is -2.05. The molecule has 25 heavy (non-hydrogen) atoms. The Balaban J connectivity index is 1.89. The fourth-order valence-corrected chi connectivity index (χ4v) is 3.93. The maximum Gasteiger partial charge on any atom is 0.267 e. The molecule has 0 fully saturated rings. The number of nitrogens with one attached hydrogen (secondary N) is 1. The molecule has 0 aliphatic heterocycles. The average molecular weight is 357 g/mol. The van der Waals surface area contributed by atoms with Gasteiger partial charge in [0.15, 0.2) is 0 Å². The van der Waals surface area contributed by atoms with Crippen LogP contribution in [-0.2, 0) is 12.8 Å². The minimum absolute atomic E-state index is 0.268. The number of nitrogen functional groups attached to an aromatic ring is 1. The zero-order valence-electron chi connectivity index (χ0n) is 13.9. The van der Waals surface area contributed by atoms with E-state index in [1.54, 1.807) is 0 Å². The first-order valence-electron chi connectivity index (χ1n) is 8.19. The van der Waals surface area contributed by atoms with Crippen LogP contribution in [0, 0.1) is 0 Å². The Morgan fingerprint density at radius 1 is 1.28 bits per heavy atom. The molecule has 0 aromatic carbocycles. The van der Waals surface area contributed by atoms with Crippen LogP contribution >= 0.6 is 11.3 Å². The number of halogens is 1. The van der Waals surface area contributed by atoms with Crippen LogP contribution in [0.2, 0.25) is 0 Å². The number of pyridine rings is 1. The summed E-state index contributed by atoms with van der Waals surface area (Å²) < 4.78 is 12.6. The second-order valence-electron chi connectivity index (χ2n) is 6.11. The van der Waals surface area contributed by atoms with Crippen LogP contribution < -0.4 is 11.1 Å². The van der Waals surface area contributed by atoms with Crippen LogP contribution in [0.1, 0.15) is 40.2 Å². The summed E-state index contributed by atoms with van der Waals surface area (Å²) in [7, 11) is 0. The molecule has 130 valence electrons. The molecule has 1 aliphatic rings. The number of fused-ring (bicyclic) bond motifs is 2. The summed E-state index contributed by atoms with van der Waals surface area (Å²) in [5.41, 5.74) is 9.25. The van der Waals surface area contributed by atoms with Crippen LogP contribution in [0.25, 0.3) is 10.2 Å². The number of thiophene rings is 1. The Kier molecular flexibility index (Phi) is 4.99. The van der Waals surface area contributed by atoms with E-state index in [1.807, 2.05) is 0 Å². The van der Waals surface area contributed by atoms with Crippen molar-refractivity contribution in [3.63, 3.8) is 0 Å². The minimum Gasteiger partial charge on any atom is -0.397 e. The largest absolute Gasteiger partial charge is 0.397 e. The van der Waals surface area contributed by atoms with Gasteiger partial charge in [-0.3, -0.25) is 4.79 Å². The predicted molar refractivity (Wildman–Crippen MR) is 101 cm³/mol. The van der Waals surface area contributed by atoms with Gasteiger partial charge >= 0.3 is 0 Å². The molecular formula is C19H20FN3OS. The number of hydrogen-bond donors (Lipinski definition) is 2. The third-order valence-electron chi connectivity index (χ3n) is 4.20. The molecule has 0 unspecified atom stereocenters. The van der Waals surface area contributed by atoms with Crippen molar-refractivity contribution in [1.82, 2.24) is 10.3 Å². The van der Waals surface area contributed by atoms with Gasteiger partial charge in [-0.05, 0) is 49.5 Å². The number of hydrogen-bond acceptors (Lipinski definition) is 4. The number of amides is 1. The van der Waals surface area contributed by atoms with Gasteiger partial charge in [0, 0.05) is 16.8 Å². The fourth-order valence-electron chi connectivity index (χ4n) is 2.94. The molecule has 0 spiro atoms. The lowest BCUT2D eigenvalue weighted by molar-refractivity contribution is 0.0972. The highest BCUT2D eigenvalue weighted by atomic mass is 32.1. The second kappa shape index (κ2) is 7.19. The Morgan fingerprint density at radius 3 is 2.80 bits per heavy atom. The Bertz CT molecular complexity index is 898. The van der Waals surface area contributed by atoms with Crippen LogP contribution in [0.15, 0.2) is 42.9 Å². The van der Waals surface area contributed by atoms with Gasteiger partial charge in [-0.2, -0.15) is 0 Å². The molecule has 6 heteroatoms. The molecule has 3 rings (SSSR count). The highest BCUT2D eigenvalue weighted by Gasteiger charge is 2.20. The van der Waals surface area contributed by atoms with E-state index in [4.69, 9.17) is 10.7 Å². The number of nitrogens with two attached hydrogens (primary N) is 1. The third kappa shape index (κ3) is 3.79. The van der Waals surface area contributed by atoms with Crippen molar-refractivity contribution in [1.29, 1.82) is 0 Å². The first kappa shape index (κ1) is 17.4. The fraction of sp³-hybridized carbons (Fsp3) is 0.263. The van der Waals surface area contributed by atoms with Crippen molar-refractivity contribution < 1.29 is 9.18 Å². The molecule has 3 N–H and O–H groups in total. The Hall–Kier alpha value is -2.47. The molecule has 0 bridgehead atoms. The van der Waals surface area contributed by atoms with E-state index in [9.17, 15) is 9.18 Å². The molecule has 2 heterocycles. The van der Waals surface area contributed by atoms with E-state index >= 15 is 0 Å². The maximum absolute atomic E-state index is 12.6. The highest BCUT2D eigenvalue weighted by molar-refractivity contribution is 7.21. The number of aromatic nitrogens is 1. The van der Waals surface area contributed by atoms with E-state index in [1.165, 1.54) is 29.4 Å². The second-order valence-corrected chi connectivity index (χ2v) is 7.11. The van der Waals surface area contributed by atoms with E-state index in [-0.39, 0.29) is 11.6 Å². The molecule has 0 saturated carbocycles. The quantitative estimate of drug-likeness (QED) is 0.628. The van der Waals surface area contributed by atoms with Gasteiger partial charge in [-0.25, -0.2) is 9.37 Å². The Morgan fingerprint density at radius 2 is 2.04 bits per heavy atom. The smallest absolute Gasteiger partial charge is 0.267 e. The van der Waals surface area contributed by atoms with Crippen molar-refractivity contribution in [2.24, 2.45) is 0 Å². The molecule has 1 aliphatic carbocycles. The van der Waals surface area contributed by atoms with Crippen molar-refractivity contribution >= 4 is 33.1 Å². The molecule has 0 saturated heterocycles. The zero-order valence-corrected chi connectivity index (χ0v) is 14.7. The van der Waals surface area contributed by atoms with Crippen molar-refractivity contribution in [2.75, 3.05) is 5.73 Å². The number of carbonyl (C=O) groups is 1. The van der Waals surface area contributed by atoms with Gasteiger partial charge in [-0.1, -0.05) is 19.6 Å². The summed E-state index contributed by atoms with van der Waals surface area (Å²) in [5, 5.41) is 3.44. The number of carbonyl (C=O) groups excluding carboxylic acids is 1. The van der Waals surface area contributed by atoms with Gasteiger partial charge in [0.2, 0.25) is 0 Å². The standard InChI is InChI=1S/C19H20FN3OS/c1-11(20)8-9-12(2)22-18(24)17-16(21)14-10-13-6-4-3-5-7-15(13)23-19(14)25-17/h8-10H,1-7,21H2,(H,22,24)/b9-8-. The summed E-state index contributed by atoms with van der Waals surface area (Å²) >= 11 is 1.27. The first-order valence-corrected chi connectivity index (χ1v) is 9.01. The third-order valence-corrected chi connectivity index (χ3v) is 5.31. The van der Waals surface area contributed by atoms with E-state index < -0.39 is 5.83 Å². The van der Waals surface area contributed by atoms with Gasteiger partial charge in [0.25, 0.3) is 5.91 Å². The zero-order chi connectivity index (χ0) is 18.0. The highest BCUT2D eigenvalue weighted by Crippen LogP contribution is 2.35. The molecule has 4 nitrogen and oxygen atoms in total. The number of anilines is 1. The molecule has 2 aromatic heterocycles. The lowest BCUT2D eigenvalue weighted by Crippen LogP contribution is -2.21. The van der Waals surface area contributed by atoms with Crippen molar-refractivity contribution in [3.05, 3.63) is 59.0 Å². The van der Waals surface area contributed by atoms with Gasteiger partial charge in [0.05, 0.1) is 5.69 Å². The Labute approximate surface area is 149 Å². The molecule has 1 amide bonds. The van der Waals surface area contributed by atoms with Gasteiger partial charge in [0.1, 0.15) is 15.5 Å². The predicted octanol–water partition coefficient (Wildman–Crippen LogP) is 4.43. The molecule has 2 aromatic rings. The summed E-state index contributed by atoms with van der Waals surface area (Å²) in [4.78, 5) is 18.4. The number of nitrogens with zero attached hydrogens (tertiary/aromatic N) is 1. The minimum atomic E-state index is -0.609. The monoisotopic (exact) mass is 357 g/mol. The van der Waals surface area contributed by atoms with Crippen LogP contribution in [0.3, 0.4) is 0 Å². The number of aryl methyl sites for hydroxylation is 2. The SMILES string of the molecule is C=C(F)/C=C\C(=C)NC(=O)c1sc2nc3c(cc2c1N)CCCCC3. The summed E-state index contributed by atoms with van der Waals surface area (Å²) in [6.45, 7) is 6.79. The normalized spacial score (nSPS) is 14.3. The van der Waals surface area contributed by atoms with Crippen LogP contribution in [0.5, 0.6) is 0 Å². The van der Waals surface area contributed by atoms with Gasteiger partial charge in [-0.15, -0.1) is 11.3 Å². The topological polar surface area (TPSA) is 68.0 Å². The molecule has 0 radical (unpaired) electrons. The lowest BCUT2D eigenvalue weighted by atomic mass is 10.1. The molecular weight excluding hydrogens is 337 g/mol.